The fourth-order valence-electron chi connectivity index (χ4n) is 3.46. The van der Waals surface area contributed by atoms with Crippen molar-refractivity contribution in [2.24, 2.45) is 5.92 Å². The fourth-order valence-corrected chi connectivity index (χ4v) is 3.92. The van der Waals surface area contributed by atoms with Crippen molar-refractivity contribution in [2.45, 2.75) is 26.9 Å². The molecule has 0 unspecified atom stereocenters. The van der Waals surface area contributed by atoms with Crippen LogP contribution < -0.4 is 15.1 Å². The first-order valence-electron chi connectivity index (χ1n) is 10.8. The van der Waals surface area contributed by atoms with Gasteiger partial charge in [0.25, 0.3) is 0 Å². The van der Waals surface area contributed by atoms with E-state index in [2.05, 4.69) is 15.9 Å². The van der Waals surface area contributed by atoms with Crippen LogP contribution in [0.1, 0.15) is 36.2 Å². The summed E-state index contributed by atoms with van der Waals surface area (Å²) in [4.78, 5) is 23.8. The van der Waals surface area contributed by atoms with Gasteiger partial charge in [-0.2, -0.15) is 0 Å². The lowest BCUT2D eigenvalue weighted by Gasteiger charge is -2.13. The number of Topliss-reactive ketones (excluding diaryl/α,β-unsaturated/α-hetero) is 1. The third-order valence-electron chi connectivity index (χ3n) is 5.10. The molecule has 1 aromatic heterocycles. The summed E-state index contributed by atoms with van der Waals surface area (Å²) in [5.74, 6) is 1.52. The van der Waals surface area contributed by atoms with Gasteiger partial charge in [0.05, 0.1) is 5.56 Å². The van der Waals surface area contributed by atoms with Gasteiger partial charge < -0.3 is 19.0 Å². The Hall–Kier alpha value is -3.58. The molecule has 0 saturated heterocycles. The van der Waals surface area contributed by atoms with E-state index in [1.807, 2.05) is 44.2 Å². The number of carbonyl (C=O) groups is 1. The molecule has 6 nitrogen and oxygen atoms in total. The van der Waals surface area contributed by atoms with Gasteiger partial charge in [-0.25, -0.2) is 4.79 Å². The first-order chi connectivity index (χ1) is 16.3. The summed E-state index contributed by atoms with van der Waals surface area (Å²) in [6.07, 6.45) is 0.357. The summed E-state index contributed by atoms with van der Waals surface area (Å²) in [5.41, 5.74) is 1.15. The Labute approximate surface area is 204 Å². The largest absolute Gasteiger partial charge is 0.506 e. The second-order valence-electron chi connectivity index (χ2n) is 8.29. The number of hydrogen-bond donors (Lipinski definition) is 1. The first-order valence-corrected chi connectivity index (χ1v) is 11.6. The van der Waals surface area contributed by atoms with E-state index in [0.717, 1.165) is 10.9 Å². The molecule has 0 atom stereocenters. The van der Waals surface area contributed by atoms with E-state index in [1.54, 1.807) is 30.3 Å². The van der Waals surface area contributed by atoms with E-state index in [1.165, 1.54) is 6.07 Å². The quantitative estimate of drug-likeness (QED) is 0.201. The number of rotatable bonds is 8. The smallest absolute Gasteiger partial charge is 0.336 e. The molecular formula is C27H23BrO6. The van der Waals surface area contributed by atoms with Crippen molar-refractivity contribution in [2.75, 3.05) is 0 Å². The van der Waals surface area contributed by atoms with Gasteiger partial charge in [0.2, 0.25) is 0 Å². The Morgan fingerprint density at radius 1 is 1.03 bits per heavy atom. The third-order valence-corrected chi connectivity index (χ3v) is 5.86. The molecule has 0 amide bonds. The zero-order valence-electron chi connectivity index (χ0n) is 18.7. The maximum absolute atomic E-state index is 12.3. The van der Waals surface area contributed by atoms with Crippen LogP contribution >= 0.6 is 15.9 Å². The molecule has 0 saturated carbocycles. The van der Waals surface area contributed by atoms with Crippen molar-refractivity contribution in [1.29, 1.82) is 0 Å². The number of phenolic OH excluding ortho intramolecular Hbond substituents is 1. The molecule has 0 bridgehead atoms. The van der Waals surface area contributed by atoms with Gasteiger partial charge in [-0.15, -0.1) is 0 Å². The number of ether oxygens (including phenoxy) is 2. The lowest BCUT2D eigenvalue weighted by molar-refractivity contribution is 0.0965. The van der Waals surface area contributed by atoms with Gasteiger partial charge in [0.1, 0.15) is 39.7 Å². The molecular weight excluding hydrogens is 500 g/mol. The summed E-state index contributed by atoms with van der Waals surface area (Å²) >= 11 is 3.34. The second-order valence-corrected chi connectivity index (χ2v) is 9.08. The molecule has 0 fully saturated rings. The van der Waals surface area contributed by atoms with Gasteiger partial charge in [0, 0.05) is 23.9 Å². The fraction of sp³-hybridized carbons (Fsp3) is 0.185. The van der Waals surface area contributed by atoms with Crippen LogP contribution in [0.5, 0.6) is 23.0 Å². The highest BCUT2D eigenvalue weighted by Crippen LogP contribution is 2.38. The van der Waals surface area contributed by atoms with Crippen molar-refractivity contribution < 1.29 is 23.8 Å². The molecule has 0 aliphatic rings. The topological polar surface area (TPSA) is 86.0 Å². The van der Waals surface area contributed by atoms with Crippen molar-refractivity contribution in [3.8, 4) is 23.0 Å². The van der Waals surface area contributed by atoms with Crippen LogP contribution in [0.15, 0.2) is 80.4 Å². The summed E-state index contributed by atoms with van der Waals surface area (Å²) in [7, 11) is 0. The predicted octanol–water partition coefficient (Wildman–Crippen LogP) is 6.86. The summed E-state index contributed by atoms with van der Waals surface area (Å²) in [6, 6.07) is 19.0. The van der Waals surface area contributed by atoms with Gasteiger partial charge in [-0.05, 0) is 69.9 Å². The summed E-state index contributed by atoms with van der Waals surface area (Å²) < 4.78 is 17.4. The van der Waals surface area contributed by atoms with Gasteiger partial charge in [-0.1, -0.05) is 26.0 Å². The molecule has 0 spiro atoms. The molecule has 0 radical (unpaired) electrons. The number of fused-ring (bicyclic) bond motifs is 1. The zero-order valence-corrected chi connectivity index (χ0v) is 20.3. The molecule has 1 heterocycles. The standard InChI is InChI=1S/C27H23BrO6/c1-16(2)12-22(29)21-9-10-23(26(28)27(21)31)32-15-17-4-3-5-19(13-17)33-20-8-6-18-7-11-25(30)34-24(18)14-20/h3-11,13-14,16,31H,12,15H2,1-2H3. The number of carbonyl (C=O) groups excluding carboxylic acids is 1. The van der Waals surface area contributed by atoms with Crippen molar-refractivity contribution in [3.05, 3.63) is 92.7 Å². The van der Waals surface area contributed by atoms with E-state index < -0.39 is 5.63 Å². The second kappa shape index (κ2) is 10.1. The van der Waals surface area contributed by atoms with Crippen molar-refractivity contribution in [3.63, 3.8) is 0 Å². The average molecular weight is 523 g/mol. The van der Waals surface area contributed by atoms with E-state index >= 15 is 0 Å². The number of halogens is 1. The monoisotopic (exact) mass is 522 g/mol. The summed E-state index contributed by atoms with van der Waals surface area (Å²) in [6.45, 7) is 4.13. The Bertz CT molecular complexity index is 1410. The van der Waals surface area contributed by atoms with Crippen LogP contribution in [0, 0.1) is 5.92 Å². The number of hydrogen-bond acceptors (Lipinski definition) is 6. The molecule has 7 heteroatoms. The highest BCUT2D eigenvalue weighted by molar-refractivity contribution is 9.10. The third kappa shape index (κ3) is 5.48. The average Bonchev–Trinajstić information content (AvgIpc) is 2.79. The van der Waals surface area contributed by atoms with E-state index in [9.17, 15) is 14.7 Å². The van der Waals surface area contributed by atoms with Crippen LogP contribution in [-0.2, 0) is 6.61 Å². The Balaban J connectivity index is 1.46. The summed E-state index contributed by atoms with van der Waals surface area (Å²) in [5, 5.41) is 11.3. The van der Waals surface area contributed by atoms with Crippen LogP contribution in [-0.4, -0.2) is 10.9 Å². The van der Waals surface area contributed by atoms with Gasteiger partial charge in [0.15, 0.2) is 5.78 Å². The minimum Gasteiger partial charge on any atom is -0.506 e. The zero-order chi connectivity index (χ0) is 24.2. The molecule has 1 N–H and O–H groups in total. The number of phenols is 1. The minimum absolute atomic E-state index is 0.113. The van der Waals surface area contributed by atoms with E-state index in [-0.39, 0.29) is 29.6 Å². The number of benzene rings is 3. The van der Waals surface area contributed by atoms with E-state index in [4.69, 9.17) is 13.9 Å². The van der Waals surface area contributed by atoms with Crippen LogP contribution in [0.3, 0.4) is 0 Å². The molecule has 4 rings (SSSR count). The van der Waals surface area contributed by atoms with Crippen LogP contribution in [0.25, 0.3) is 11.0 Å². The maximum atomic E-state index is 12.3. The lowest BCUT2D eigenvalue weighted by atomic mass is 10.0. The predicted molar refractivity (Wildman–Crippen MR) is 133 cm³/mol. The molecule has 174 valence electrons. The highest BCUT2D eigenvalue weighted by Gasteiger charge is 2.18. The SMILES string of the molecule is CC(C)CC(=O)c1ccc(OCc2cccc(Oc3ccc4ccc(=O)oc4c3)c2)c(Br)c1O. The molecule has 4 aromatic rings. The van der Waals surface area contributed by atoms with Crippen LogP contribution in [0.4, 0.5) is 0 Å². The van der Waals surface area contributed by atoms with Crippen molar-refractivity contribution >= 4 is 32.7 Å². The van der Waals surface area contributed by atoms with E-state index in [0.29, 0.717) is 33.7 Å². The van der Waals surface area contributed by atoms with Gasteiger partial charge >= 0.3 is 5.63 Å². The minimum atomic E-state index is -0.418. The molecule has 0 aliphatic heterocycles. The normalized spacial score (nSPS) is 11.1. The Morgan fingerprint density at radius 3 is 2.59 bits per heavy atom. The highest BCUT2D eigenvalue weighted by atomic mass is 79.9. The van der Waals surface area contributed by atoms with Gasteiger partial charge in [-0.3, -0.25) is 4.79 Å². The number of ketones is 1. The maximum Gasteiger partial charge on any atom is 0.336 e. The first kappa shape index (κ1) is 23.6. The lowest BCUT2D eigenvalue weighted by Crippen LogP contribution is -2.05. The number of aromatic hydroxyl groups is 1. The molecule has 34 heavy (non-hydrogen) atoms. The Kier molecular flexibility index (Phi) is 7.03. The van der Waals surface area contributed by atoms with Crippen molar-refractivity contribution in [1.82, 2.24) is 0 Å². The Morgan fingerprint density at radius 2 is 1.79 bits per heavy atom. The molecule has 0 aliphatic carbocycles. The molecule has 3 aromatic carbocycles. The van der Waals surface area contributed by atoms with Crippen LogP contribution in [0.2, 0.25) is 0 Å².